The fourth-order valence-corrected chi connectivity index (χ4v) is 3.58. The Balaban J connectivity index is 1.53. The maximum absolute atomic E-state index is 13.2. The van der Waals surface area contributed by atoms with Crippen molar-refractivity contribution in [1.82, 2.24) is 10.4 Å². The van der Waals surface area contributed by atoms with E-state index in [2.05, 4.69) is 23.6 Å². The minimum absolute atomic E-state index is 0.0966. The maximum atomic E-state index is 13.2. The summed E-state index contributed by atoms with van der Waals surface area (Å²) in [6, 6.07) is 23.2. The van der Waals surface area contributed by atoms with Gasteiger partial charge in [-0.05, 0) is 48.4 Å². The summed E-state index contributed by atoms with van der Waals surface area (Å²) in [7, 11) is 0. The number of fused-ring (bicyclic) bond motifs is 1. The lowest BCUT2D eigenvalue weighted by Gasteiger charge is -2.22. The number of hydrogen-bond acceptors (Lipinski definition) is 4. The van der Waals surface area contributed by atoms with Crippen molar-refractivity contribution in [2.24, 2.45) is 0 Å². The molecule has 0 saturated carbocycles. The Bertz CT molecular complexity index is 1090. The van der Waals surface area contributed by atoms with Crippen LogP contribution in [0.3, 0.4) is 0 Å². The highest BCUT2D eigenvalue weighted by molar-refractivity contribution is 6.00. The van der Waals surface area contributed by atoms with Crippen LogP contribution < -0.4 is 14.9 Å². The van der Waals surface area contributed by atoms with Crippen LogP contribution in [-0.2, 0) is 0 Å². The summed E-state index contributed by atoms with van der Waals surface area (Å²) in [5.74, 6) is 1.37. The molecule has 2 aliphatic heterocycles. The second-order valence-corrected chi connectivity index (χ2v) is 7.14. The Morgan fingerprint density at radius 1 is 0.966 bits per heavy atom. The Morgan fingerprint density at radius 2 is 1.72 bits per heavy atom. The number of aryl methyl sites for hydroxylation is 1. The van der Waals surface area contributed by atoms with Gasteiger partial charge >= 0.3 is 0 Å². The van der Waals surface area contributed by atoms with E-state index < -0.39 is 0 Å². The number of rotatable bonds is 3. The highest BCUT2D eigenvalue weighted by Gasteiger charge is 2.31. The molecule has 3 aromatic rings. The molecule has 144 valence electrons. The van der Waals surface area contributed by atoms with Crippen molar-refractivity contribution >= 4 is 11.6 Å². The van der Waals surface area contributed by atoms with Crippen molar-refractivity contribution in [2.75, 3.05) is 6.79 Å². The molecular formula is C24H20N2O3. The number of benzene rings is 3. The summed E-state index contributed by atoms with van der Waals surface area (Å²) >= 11 is 0. The molecule has 0 aromatic heterocycles. The first-order chi connectivity index (χ1) is 14.2. The summed E-state index contributed by atoms with van der Waals surface area (Å²) in [5, 5.41) is 1.63. The van der Waals surface area contributed by atoms with Gasteiger partial charge in [0.25, 0.3) is 5.91 Å². The van der Waals surface area contributed by atoms with Gasteiger partial charge in [0.15, 0.2) is 11.5 Å². The van der Waals surface area contributed by atoms with Gasteiger partial charge in [0.1, 0.15) is 0 Å². The molecule has 0 spiro atoms. The summed E-state index contributed by atoms with van der Waals surface area (Å²) in [4.78, 5) is 13.2. The number of carbonyl (C=O) groups excluding carboxylic acids is 1. The highest BCUT2D eigenvalue weighted by atomic mass is 16.7. The monoisotopic (exact) mass is 384 g/mol. The van der Waals surface area contributed by atoms with Crippen molar-refractivity contribution in [1.29, 1.82) is 0 Å². The Hall–Kier alpha value is -3.57. The van der Waals surface area contributed by atoms with Crippen LogP contribution in [-0.4, -0.2) is 17.7 Å². The third-order valence-electron chi connectivity index (χ3n) is 5.16. The predicted octanol–water partition coefficient (Wildman–Crippen LogP) is 4.47. The van der Waals surface area contributed by atoms with Crippen LogP contribution in [0.5, 0.6) is 11.5 Å². The minimum Gasteiger partial charge on any atom is -0.454 e. The molecule has 1 unspecified atom stereocenters. The zero-order chi connectivity index (χ0) is 19.8. The number of amides is 1. The molecule has 0 bridgehead atoms. The molecule has 5 rings (SSSR count). The zero-order valence-corrected chi connectivity index (χ0v) is 16.0. The van der Waals surface area contributed by atoms with Gasteiger partial charge in [-0.1, -0.05) is 54.1 Å². The third-order valence-corrected chi connectivity index (χ3v) is 5.16. The van der Waals surface area contributed by atoms with Crippen LogP contribution in [0, 0.1) is 6.92 Å². The zero-order valence-electron chi connectivity index (χ0n) is 16.0. The number of nitrogens with zero attached hydrogens (tertiary/aromatic N) is 1. The van der Waals surface area contributed by atoms with Crippen molar-refractivity contribution in [3.8, 4) is 11.5 Å². The molecule has 1 N–H and O–H groups in total. The van der Waals surface area contributed by atoms with E-state index in [0.717, 1.165) is 28.3 Å². The molecule has 5 heteroatoms. The molecule has 1 amide bonds. The van der Waals surface area contributed by atoms with Crippen molar-refractivity contribution in [3.05, 3.63) is 101 Å². The van der Waals surface area contributed by atoms with Crippen molar-refractivity contribution in [3.63, 3.8) is 0 Å². The van der Waals surface area contributed by atoms with Crippen LogP contribution in [0.25, 0.3) is 5.70 Å². The molecule has 1 atom stereocenters. The fraction of sp³-hybridized carbons (Fsp3) is 0.125. The average molecular weight is 384 g/mol. The van der Waals surface area contributed by atoms with Gasteiger partial charge < -0.3 is 9.47 Å². The maximum Gasteiger partial charge on any atom is 0.272 e. The predicted molar refractivity (Wildman–Crippen MR) is 110 cm³/mol. The quantitative estimate of drug-likeness (QED) is 0.724. The van der Waals surface area contributed by atoms with E-state index in [1.54, 1.807) is 5.01 Å². The molecule has 0 radical (unpaired) electrons. The van der Waals surface area contributed by atoms with E-state index in [-0.39, 0.29) is 18.7 Å². The molecule has 0 saturated heterocycles. The lowest BCUT2D eigenvalue weighted by atomic mass is 10.0. The van der Waals surface area contributed by atoms with Crippen LogP contribution in [0.2, 0.25) is 0 Å². The van der Waals surface area contributed by atoms with E-state index in [4.69, 9.17) is 9.47 Å². The summed E-state index contributed by atoms with van der Waals surface area (Å²) in [5.41, 5.74) is 7.98. The normalized spacial score (nSPS) is 17.3. The molecule has 0 fully saturated rings. The Morgan fingerprint density at radius 3 is 2.52 bits per heavy atom. The van der Waals surface area contributed by atoms with Gasteiger partial charge in [0.2, 0.25) is 6.79 Å². The van der Waals surface area contributed by atoms with Crippen LogP contribution >= 0.6 is 0 Å². The Labute approximate surface area is 169 Å². The number of nitrogens with one attached hydrogen (secondary N) is 1. The number of hydrazine groups is 1. The van der Waals surface area contributed by atoms with Crippen molar-refractivity contribution in [2.45, 2.75) is 13.0 Å². The first kappa shape index (κ1) is 17.5. The number of carbonyl (C=O) groups is 1. The first-order valence-corrected chi connectivity index (χ1v) is 9.53. The van der Waals surface area contributed by atoms with Crippen LogP contribution in [0.1, 0.15) is 33.1 Å². The third kappa shape index (κ3) is 3.26. The standard InChI is InChI=1S/C24H20N2O3/c1-16-7-9-17(10-8-16)21-14-20(19-11-12-22-23(13-19)29-15-28-22)25-26(21)24(27)18-5-3-2-4-6-18/h2-14,20,25H,15H2,1H3. The topological polar surface area (TPSA) is 50.8 Å². The molecular weight excluding hydrogens is 364 g/mol. The van der Waals surface area contributed by atoms with Crippen LogP contribution in [0.15, 0.2) is 78.9 Å². The van der Waals surface area contributed by atoms with Gasteiger partial charge in [-0.3, -0.25) is 4.79 Å². The largest absolute Gasteiger partial charge is 0.454 e. The van der Waals surface area contributed by atoms with Gasteiger partial charge in [-0.2, -0.15) is 0 Å². The molecule has 0 aliphatic carbocycles. The van der Waals surface area contributed by atoms with Gasteiger partial charge in [0, 0.05) is 5.56 Å². The van der Waals surface area contributed by atoms with Crippen LogP contribution in [0.4, 0.5) is 0 Å². The van der Waals surface area contributed by atoms with Crippen molar-refractivity contribution < 1.29 is 14.3 Å². The number of hydrogen-bond donors (Lipinski definition) is 1. The van der Waals surface area contributed by atoms with E-state index in [1.165, 1.54) is 5.56 Å². The smallest absolute Gasteiger partial charge is 0.272 e. The van der Waals surface area contributed by atoms with E-state index in [0.29, 0.717) is 5.56 Å². The van der Waals surface area contributed by atoms with Gasteiger partial charge in [-0.25, -0.2) is 10.4 Å². The first-order valence-electron chi connectivity index (χ1n) is 9.53. The summed E-state index contributed by atoms with van der Waals surface area (Å²) in [6.07, 6.45) is 2.07. The lowest BCUT2D eigenvalue weighted by Crippen LogP contribution is -2.38. The fourth-order valence-electron chi connectivity index (χ4n) is 3.58. The van der Waals surface area contributed by atoms with Gasteiger partial charge in [0.05, 0.1) is 11.7 Å². The minimum atomic E-state index is -0.159. The molecule has 2 aliphatic rings. The second-order valence-electron chi connectivity index (χ2n) is 7.14. The molecule has 3 aromatic carbocycles. The van der Waals surface area contributed by atoms with E-state index in [9.17, 15) is 4.79 Å². The molecule has 29 heavy (non-hydrogen) atoms. The SMILES string of the molecule is Cc1ccc(C2=CC(c3ccc4c(c3)OCO4)NN2C(=O)c2ccccc2)cc1. The Kier molecular flexibility index (Phi) is 4.30. The van der Waals surface area contributed by atoms with Gasteiger partial charge in [-0.15, -0.1) is 0 Å². The summed E-state index contributed by atoms with van der Waals surface area (Å²) < 4.78 is 10.9. The highest BCUT2D eigenvalue weighted by Crippen LogP contribution is 2.37. The molecule has 2 heterocycles. The van der Waals surface area contributed by atoms with E-state index in [1.807, 2.05) is 67.6 Å². The number of ether oxygens (including phenoxy) is 2. The molecule has 5 nitrogen and oxygen atoms in total. The average Bonchev–Trinajstić information content (AvgIpc) is 3.41. The second kappa shape index (κ2) is 7.11. The summed E-state index contributed by atoms with van der Waals surface area (Å²) in [6.45, 7) is 2.29. The lowest BCUT2D eigenvalue weighted by molar-refractivity contribution is 0.0778. The van der Waals surface area contributed by atoms with E-state index >= 15 is 0 Å².